The van der Waals surface area contributed by atoms with Crippen molar-refractivity contribution in [2.24, 2.45) is 0 Å². The Balaban J connectivity index is 1.83. The first-order chi connectivity index (χ1) is 9.28. The van der Waals surface area contributed by atoms with Crippen LogP contribution in [-0.2, 0) is 9.53 Å². The summed E-state index contributed by atoms with van der Waals surface area (Å²) in [5.41, 5.74) is 1.83. The molecule has 0 spiro atoms. The van der Waals surface area contributed by atoms with E-state index < -0.39 is 0 Å². The molecule has 0 bridgehead atoms. The van der Waals surface area contributed by atoms with Crippen LogP contribution in [0.5, 0.6) is 5.75 Å². The minimum Gasteiger partial charge on any atom is -0.497 e. The molecule has 0 amide bonds. The fraction of sp³-hybridized carbons (Fsp3) is 0.312. The molecule has 19 heavy (non-hydrogen) atoms. The molecule has 0 aromatic heterocycles. The van der Waals surface area contributed by atoms with Gasteiger partial charge in [-0.25, -0.2) is 0 Å². The standard InChI is InChI=1S/C16H16O3/c1-18-12-8-6-11(7-9-12)10-15-16(17)13-4-2-3-5-14(13)19-15/h6-10H,2-5H2,1H3/b15-10-. The lowest BCUT2D eigenvalue weighted by Crippen LogP contribution is -2.02. The second-order valence-electron chi connectivity index (χ2n) is 4.82. The molecule has 1 aromatic rings. The lowest BCUT2D eigenvalue weighted by atomic mass is 9.96. The molecule has 1 aliphatic carbocycles. The fourth-order valence-electron chi connectivity index (χ4n) is 2.50. The number of hydrogen-bond acceptors (Lipinski definition) is 3. The van der Waals surface area contributed by atoms with Crippen molar-refractivity contribution in [2.75, 3.05) is 7.11 Å². The highest BCUT2D eigenvalue weighted by Crippen LogP contribution is 2.36. The molecule has 0 fully saturated rings. The van der Waals surface area contributed by atoms with Crippen LogP contribution < -0.4 is 4.74 Å². The zero-order chi connectivity index (χ0) is 13.2. The van der Waals surface area contributed by atoms with Gasteiger partial charge in [-0.05, 0) is 43.0 Å². The van der Waals surface area contributed by atoms with E-state index in [1.165, 1.54) is 0 Å². The van der Waals surface area contributed by atoms with Gasteiger partial charge < -0.3 is 9.47 Å². The number of methoxy groups -OCH3 is 1. The molecular weight excluding hydrogens is 240 g/mol. The quantitative estimate of drug-likeness (QED) is 0.760. The van der Waals surface area contributed by atoms with Gasteiger partial charge >= 0.3 is 0 Å². The first-order valence-corrected chi connectivity index (χ1v) is 6.58. The van der Waals surface area contributed by atoms with Crippen LogP contribution in [0.3, 0.4) is 0 Å². The number of Topliss-reactive ketones (excluding diaryl/α,β-unsaturated/α-hetero) is 1. The predicted octanol–water partition coefficient (Wildman–Crippen LogP) is 3.46. The Morgan fingerprint density at radius 1 is 1.16 bits per heavy atom. The van der Waals surface area contributed by atoms with E-state index in [2.05, 4.69) is 0 Å². The molecular formula is C16H16O3. The Hall–Kier alpha value is -2.03. The summed E-state index contributed by atoms with van der Waals surface area (Å²) < 4.78 is 10.8. The molecule has 98 valence electrons. The van der Waals surface area contributed by atoms with Crippen molar-refractivity contribution in [3.8, 4) is 5.75 Å². The van der Waals surface area contributed by atoms with Crippen LogP contribution >= 0.6 is 0 Å². The molecule has 1 heterocycles. The van der Waals surface area contributed by atoms with Crippen LogP contribution in [0.25, 0.3) is 6.08 Å². The molecule has 3 heteroatoms. The highest BCUT2D eigenvalue weighted by Gasteiger charge is 2.31. The average molecular weight is 256 g/mol. The van der Waals surface area contributed by atoms with Crippen molar-refractivity contribution in [1.29, 1.82) is 0 Å². The molecule has 0 saturated heterocycles. The lowest BCUT2D eigenvalue weighted by molar-refractivity contribution is -0.113. The van der Waals surface area contributed by atoms with E-state index in [1.807, 2.05) is 24.3 Å². The van der Waals surface area contributed by atoms with Gasteiger partial charge in [0.1, 0.15) is 11.5 Å². The average Bonchev–Trinajstić information content (AvgIpc) is 2.77. The van der Waals surface area contributed by atoms with Crippen LogP contribution in [0.2, 0.25) is 0 Å². The number of allylic oxidation sites excluding steroid dienone is 2. The summed E-state index contributed by atoms with van der Waals surface area (Å²) in [6, 6.07) is 7.58. The minimum absolute atomic E-state index is 0.0607. The number of carbonyl (C=O) groups is 1. The summed E-state index contributed by atoms with van der Waals surface area (Å²) in [6.45, 7) is 0. The summed E-state index contributed by atoms with van der Waals surface area (Å²) >= 11 is 0. The van der Waals surface area contributed by atoms with Crippen LogP contribution in [0, 0.1) is 0 Å². The number of ether oxygens (including phenoxy) is 2. The Morgan fingerprint density at radius 3 is 2.58 bits per heavy atom. The van der Waals surface area contributed by atoms with E-state index in [1.54, 1.807) is 13.2 Å². The molecule has 0 atom stereocenters. The van der Waals surface area contributed by atoms with Gasteiger partial charge in [-0.2, -0.15) is 0 Å². The van der Waals surface area contributed by atoms with Gasteiger partial charge in [0.15, 0.2) is 5.76 Å². The lowest BCUT2D eigenvalue weighted by Gasteiger charge is -2.09. The third-order valence-electron chi connectivity index (χ3n) is 3.56. The van der Waals surface area contributed by atoms with Crippen molar-refractivity contribution in [3.63, 3.8) is 0 Å². The molecule has 1 aromatic carbocycles. The molecule has 3 nitrogen and oxygen atoms in total. The number of benzene rings is 1. The molecule has 2 aliphatic rings. The molecule has 3 rings (SSSR count). The van der Waals surface area contributed by atoms with E-state index in [0.29, 0.717) is 5.76 Å². The van der Waals surface area contributed by atoms with Crippen LogP contribution in [-0.4, -0.2) is 12.9 Å². The summed E-state index contributed by atoms with van der Waals surface area (Å²) in [7, 11) is 1.63. The summed E-state index contributed by atoms with van der Waals surface area (Å²) in [4.78, 5) is 12.2. The van der Waals surface area contributed by atoms with Crippen LogP contribution in [0.4, 0.5) is 0 Å². The zero-order valence-electron chi connectivity index (χ0n) is 10.9. The monoisotopic (exact) mass is 256 g/mol. The summed E-state index contributed by atoms with van der Waals surface area (Å²) in [5.74, 6) is 2.21. The largest absolute Gasteiger partial charge is 0.497 e. The van der Waals surface area contributed by atoms with Crippen molar-refractivity contribution in [3.05, 3.63) is 46.9 Å². The highest BCUT2D eigenvalue weighted by atomic mass is 16.5. The van der Waals surface area contributed by atoms with Gasteiger partial charge in [0, 0.05) is 12.0 Å². The SMILES string of the molecule is COc1ccc(/C=C2\OC3=C(CCCC3)C2=O)cc1. The first kappa shape index (κ1) is 12.0. The molecule has 0 unspecified atom stereocenters. The molecule has 0 saturated carbocycles. The van der Waals surface area contributed by atoms with Gasteiger partial charge in [-0.1, -0.05) is 12.1 Å². The van der Waals surface area contributed by atoms with Crippen molar-refractivity contribution in [2.45, 2.75) is 25.7 Å². The van der Waals surface area contributed by atoms with Gasteiger partial charge in [0.2, 0.25) is 5.78 Å². The van der Waals surface area contributed by atoms with Gasteiger partial charge in [0.25, 0.3) is 0 Å². The van der Waals surface area contributed by atoms with Crippen LogP contribution in [0.1, 0.15) is 31.2 Å². The minimum atomic E-state index is 0.0607. The third kappa shape index (κ3) is 2.28. The van der Waals surface area contributed by atoms with E-state index in [4.69, 9.17) is 9.47 Å². The third-order valence-corrected chi connectivity index (χ3v) is 3.56. The second kappa shape index (κ2) is 4.92. The smallest absolute Gasteiger partial charge is 0.227 e. The fourth-order valence-corrected chi connectivity index (χ4v) is 2.50. The van der Waals surface area contributed by atoms with Crippen molar-refractivity contribution in [1.82, 2.24) is 0 Å². The summed E-state index contributed by atoms with van der Waals surface area (Å²) in [5, 5.41) is 0. The van der Waals surface area contributed by atoms with E-state index in [-0.39, 0.29) is 5.78 Å². The van der Waals surface area contributed by atoms with Crippen molar-refractivity contribution >= 4 is 11.9 Å². The summed E-state index contributed by atoms with van der Waals surface area (Å²) in [6.07, 6.45) is 5.75. The van der Waals surface area contributed by atoms with Crippen LogP contribution in [0.15, 0.2) is 41.4 Å². The van der Waals surface area contributed by atoms with Crippen molar-refractivity contribution < 1.29 is 14.3 Å². The molecule has 0 radical (unpaired) electrons. The van der Waals surface area contributed by atoms with Gasteiger partial charge in [-0.3, -0.25) is 4.79 Å². The van der Waals surface area contributed by atoms with E-state index in [0.717, 1.165) is 48.3 Å². The second-order valence-corrected chi connectivity index (χ2v) is 4.82. The van der Waals surface area contributed by atoms with Gasteiger partial charge in [-0.15, -0.1) is 0 Å². The molecule has 1 aliphatic heterocycles. The predicted molar refractivity (Wildman–Crippen MR) is 72.6 cm³/mol. The first-order valence-electron chi connectivity index (χ1n) is 6.58. The normalized spacial score (nSPS) is 20.5. The number of hydrogen-bond donors (Lipinski definition) is 0. The number of carbonyl (C=O) groups excluding carboxylic acids is 1. The Kier molecular flexibility index (Phi) is 3.11. The van der Waals surface area contributed by atoms with E-state index >= 15 is 0 Å². The molecule has 0 N–H and O–H groups in total. The Bertz CT molecular complexity index is 564. The Morgan fingerprint density at radius 2 is 1.89 bits per heavy atom. The maximum Gasteiger partial charge on any atom is 0.227 e. The number of ketones is 1. The van der Waals surface area contributed by atoms with Gasteiger partial charge in [0.05, 0.1) is 7.11 Å². The maximum absolute atomic E-state index is 12.2. The van der Waals surface area contributed by atoms with E-state index in [9.17, 15) is 4.79 Å². The zero-order valence-corrected chi connectivity index (χ0v) is 10.9. The highest BCUT2D eigenvalue weighted by molar-refractivity contribution is 6.11. The Labute approximate surface area is 112 Å². The maximum atomic E-state index is 12.2. The topological polar surface area (TPSA) is 35.5 Å². The number of rotatable bonds is 2.